The zero-order valence-electron chi connectivity index (χ0n) is 12.2. The van der Waals surface area contributed by atoms with E-state index in [-0.39, 0.29) is 5.95 Å². The SMILES string of the molecule is CCCNc1cc(N(C)Cc2nccn2C)nc(N)n1. The third-order valence-corrected chi connectivity index (χ3v) is 2.98. The molecule has 108 valence electrons. The highest BCUT2D eigenvalue weighted by molar-refractivity contribution is 5.52. The van der Waals surface area contributed by atoms with Crippen LogP contribution >= 0.6 is 0 Å². The summed E-state index contributed by atoms with van der Waals surface area (Å²) in [6.07, 6.45) is 4.74. The maximum atomic E-state index is 5.76. The van der Waals surface area contributed by atoms with E-state index in [0.717, 1.165) is 30.4 Å². The van der Waals surface area contributed by atoms with Crippen LogP contribution in [0.5, 0.6) is 0 Å². The minimum atomic E-state index is 0.271. The zero-order chi connectivity index (χ0) is 14.5. The van der Waals surface area contributed by atoms with Crippen molar-refractivity contribution in [2.45, 2.75) is 19.9 Å². The predicted octanol–water partition coefficient (Wildman–Crippen LogP) is 1.25. The van der Waals surface area contributed by atoms with Crippen LogP contribution in [0.15, 0.2) is 18.5 Å². The van der Waals surface area contributed by atoms with Gasteiger partial charge in [0.25, 0.3) is 0 Å². The monoisotopic (exact) mass is 275 g/mol. The minimum absolute atomic E-state index is 0.271. The van der Waals surface area contributed by atoms with Crippen molar-refractivity contribution in [2.24, 2.45) is 7.05 Å². The van der Waals surface area contributed by atoms with Crippen molar-refractivity contribution in [1.29, 1.82) is 0 Å². The van der Waals surface area contributed by atoms with Crippen molar-refractivity contribution in [2.75, 3.05) is 29.5 Å². The zero-order valence-corrected chi connectivity index (χ0v) is 12.2. The number of nitrogens with one attached hydrogen (secondary N) is 1. The molecular formula is C13H21N7. The molecular weight excluding hydrogens is 254 g/mol. The van der Waals surface area contributed by atoms with Crippen molar-refractivity contribution in [3.63, 3.8) is 0 Å². The first kappa shape index (κ1) is 14.1. The third-order valence-electron chi connectivity index (χ3n) is 2.98. The Morgan fingerprint density at radius 3 is 2.85 bits per heavy atom. The molecule has 0 saturated heterocycles. The lowest BCUT2D eigenvalue weighted by atomic mass is 10.4. The number of aromatic nitrogens is 4. The molecule has 7 heteroatoms. The lowest BCUT2D eigenvalue weighted by molar-refractivity contribution is 0.755. The summed E-state index contributed by atoms with van der Waals surface area (Å²) in [6.45, 7) is 3.62. The highest BCUT2D eigenvalue weighted by atomic mass is 15.2. The second kappa shape index (κ2) is 6.23. The fraction of sp³-hybridized carbons (Fsp3) is 0.462. The van der Waals surface area contributed by atoms with Gasteiger partial charge < -0.3 is 20.5 Å². The number of nitrogen functional groups attached to an aromatic ring is 1. The first-order chi connectivity index (χ1) is 9.60. The van der Waals surface area contributed by atoms with Gasteiger partial charge in [-0.2, -0.15) is 9.97 Å². The molecule has 2 aromatic rings. The fourth-order valence-electron chi connectivity index (χ4n) is 1.83. The maximum Gasteiger partial charge on any atom is 0.223 e. The van der Waals surface area contributed by atoms with E-state index in [0.29, 0.717) is 6.54 Å². The summed E-state index contributed by atoms with van der Waals surface area (Å²) in [5, 5.41) is 3.22. The van der Waals surface area contributed by atoms with Gasteiger partial charge in [0.1, 0.15) is 17.5 Å². The van der Waals surface area contributed by atoms with Crippen molar-refractivity contribution in [1.82, 2.24) is 19.5 Å². The van der Waals surface area contributed by atoms with E-state index in [1.807, 2.05) is 35.8 Å². The molecule has 20 heavy (non-hydrogen) atoms. The van der Waals surface area contributed by atoms with E-state index in [2.05, 4.69) is 27.2 Å². The summed E-state index contributed by atoms with van der Waals surface area (Å²) in [4.78, 5) is 14.7. The molecule has 0 unspecified atom stereocenters. The molecule has 0 atom stereocenters. The van der Waals surface area contributed by atoms with E-state index in [1.165, 1.54) is 0 Å². The van der Waals surface area contributed by atoms with Crippen LogP contribution in [0, 0.1) is 0 Å². The van der Waals surface area contributed by atoms with Crippen molar-refractivity contribution in [3.05, 3.63) is 24.3 Å². The van der Waals surface area contributed by atoms with Gasteiger partial charge in [0.05, 0.1) is 6.54 Å². The lowest BCUT2D eigenvalue weighted by Gasteiger charge is -2.19. The minimum Gasteiger partial charge on any atom is -0.370 e. The molecule has 0 spiro atoms. The molecule has 2 aromatic heterocycles. The van der Waals surface area contributed by atoms with Crippen LogP contribution in [-0.4, -0.2) is 33.1 Å². The Morgan fingerprint density at radius 2 is 2.20 bits per heavy atom. The maximum absolute atomic E-state index is 5.76. The second-order valence-corrected chi connectivity index (χ2v) is 4.71. The Balaban J connectivity index is 2.14. The second-order valence-electron chi connectivity index (χ2n) is 4.71. The Kier molecular flexibility index (Phi) is 4.39. The third kappa shape index (κ3) is 3.37. The van der Waals surface area contributed by atoms with Gasteiger partial charge >= 0.3 is 0 Å². The van der Waals surface area contributed by atoms with E-state index in [4.69, 9.17) is 5.73 Å². The summed E-state index contributed by atoms with van der Waals surface area (Å²) in [7, 11) is 3.93. The standard InChI is InChI=1S/C13H21N7/c1-4-5-15-10-8-11(18-13(14)17-10)20(3)9-12-16-6-7-19(12)2/h6-8H,4-5,9H2,1-3H3,(H3,14,15,17,18). The molecule has 2 heterocycles. The van der Waals surface area contributed by atoms with Crippen LogP contribution < -0.4 is 16.0 Å². The van der Waals surface area contributed by atoms with Gasteiger partial charge in [0.2, 0.25) is 5.95 Å². The topological polar surface area (TPSA) is 84.9 Å². The molecule has 0 aliphatic carbocycles. The van der Waals surface area contributed by atoms with Crippen LogP contribution in [-0.2, 0) is 13.6 Å². The number of hydrogen-bond acceptors (Lipinski definition) is 6. The van der Waals surface area contributed by atoms with Crippen molar-refractivity contribution < 1.29 is 0 Å². The first-order valence-corrected chi connectivity index (χ1v) is 6.66. The number of anilines is 3. The lowest BCUT2D eigenvalue weighted by Crippen LogP contribution is -2.21. The average molecular weight is 275 g/mol. The van der Waals surface area contributed by atoms with E-state index in [9.17, 15) is 0 Å². The van der Waals surface area contributed by atoms with Crippen LogP contribution in [0.3, 0.4) is 0 Å². The fourth-order valence-corrected chi connectivity index (χ4v) is 1.83. The molecule has 3 N–H and O–H groups in total. The number of hydrogen-bond donors (Lipinski definition) is 2. The van der Waals surface area contributed by atoms with Crippen molar-refractivity contribution >= 4 is 17.6 Å². The average Bonchev–Trinajstić information content (AvgIpc) is 2.81. The highest BCUT2D eigenvalue weighted by Crippen LogP contribution is 2.17. The largest absolute Gasteiger partial charge is 0.370 e. The van der Waals surface area contributed by atoms with E-state index in [1.54, 1.807) is 6.20 Å². The number of nitrogens with two attached hydrogens (primary N) is 1. The van der Waals surface area contributed by atoms with E-state index >= 15 is 0 Å². The summed E-state index contributed by atoms with van der Waals surface area (Å²) in [6, 6.07) is 1.90. The van der Waals surface area contributed by atoms with E-state index < -0.39 is 0 Å². The molecule has 0 bridgehead atoms. The summed E-state index contributed by atoms with van der Waals surface area (Å²) in [5.74, 6) is 2.76. The molecule has 0 saturated carbocycles. The Bertz CT molecular complexity index is 564. The van der Waals surface area contributed by atoms with Gasteiger partial charge in [-0.25, -0.2) is 4.98 Å². The molecule has 0 fully saturated rings. The van der Waals surface area contributed by atoms with Gasteiger partial charge in [0, 0.05) is 39.1 Å². The first-order valence-electron chi connectivity index (χ1n) is 6.66. The number of rotatable bonds is 6. The summed E-state index contributed by atoms with van der Waals surface area (Å²) >= 11 is 0. The molecule has 0 radical (unpaired) electrons. The molecule has 0 amide bonds. The molecule has 2 rings (SSSR count). The number of imidazole rings is 1. The molecule has 0 aliphatic rings. The molecule has 0 aromatic carbocycles. The Hall–Kier alpha value is -2.31. The Morgan fingerprint density at radius 1 is 1.40 bits per heavy atom. The number of nitrogens with zero attached hydrogens (tertiary/aromatic N) is 5. The van der Waals surface area contributed by atoms with Crippen LogP contribution in [0.2, 0.25) is 0 Å². The van der Waals surface area contributed by atoms with Gasteiger partial charge in [-0.05, 0) is 6.42 Å². The van der Waals surface area contributed by atoms with Crippen molar-refractivity contribution in [3.8, 4) is 0 Å². The Labute approximate surface area is 118 Å². The smallest absolute Gasteiger partial charge is 0.223 e. The summed E-state index contributed by atoms with van der Waals surface area (Å²) in [5.41, 5.74) is 5.76. The predicted molar refractivity (Wildman–Crippen MR) is 80.5 cm³/mol. The van der Waals surface area contributed by atoms with Gasteiger partial charge in [-0.3, -0.25) is 0 Å². The highest BCUT2D eigenvalue weighted by Gasteiger charge is 2.09. The normalized spacial score (nSPS) is 10.6. The van der Waals surface area contributed by atoms with Crippen LogP contribution in [0.4, 0.5) is 17.6 Å². The van der Waals surface area contributed by atoms with Gasteiger partial charge in [-0.1, -0.05) is 6.92 Å². The van der Waals surface area contributed by atoms with Gasteiger partial charge in [-0.15, -0.1) is 0 Å². The van der Waals surface area contributed by atoms with Gasteiger partial charge in [0.15, 0.2) is 0 Å². The molecule has 0 aliphatic heterocycles. The number of aryl methyl sites for hydroxylation is 1. The summed E-state index contributed by atoms with van der Waals surface area (Å²) < 4.78 is 1.98. The molecule has 7 nitrogen and oxygen atoms in total. The van der Waals surface area contributed by atoms with Crippen LogP contribution in [0.1, 0.15) is 19.2 Å². The quantitative estimate of drug-likeness (QED) is 0.825. The van der Waals surface area contributed by atoms with Crippen LogP contribution in [0.25, 0.3) is 0 Å².